The third kappa shape index (κ3) is 41.2. The molecule has 0 aromatic heterocycles. The number of rotatable bonds is 40. The second-order valence-electron chi connectivity index (χ2n) is 13.8. The number of hydrogen-bond acceptors (Lipinski definition) is 10. The van der Waals surface area contributed by atoms with E-state index in [0.717, 1.165) is 57.8 Å². The Morgan fingerprint density at radius 2 is 1.06 bits per heavy atom. The van der Waals surface area contributed by atoms with Crippen molar-refractivity contribution in [2.75, 3.05) is 26.3 Å². The number of allylic oxidation sites excluding steroid dienone is 2. The van der Waals surface area contributed by atoms with Crippen LogP contribution < -0.4 is 34.5 Å². The molecule has 53 heavy (non-hydrogen) atoms. The molecule has 0 aliphatic rings. The summed E-state index contributed by atoms with van der Waals surface area (Å²) in [6.07, 6.45) is 26.7. The van der Waals surface area contributed by atoms with Gasteiger partial charge in [0, 0.05) is 12.8 Å². The number of esters is 2. The minimum Gasteiger partial charge on any atom is -0.756 e. The number of phosphoric ester groups is 1. The first kappa shape index (κ1) is 45.4. The van der Waals surface area contributed by atoms with Crippen LogP contribution in [0.1, 0.15) is 207 Å². The van der Waals surface area contributed by atoms with Crippen molar-refractivity contribution >= 4 is 19.8 Å². The summed E-state index contributed by atoms with van der Waals surface area (Å²) in [6, 6.07) is 0. The molecule has 0 rings (SSSR count). The van der Waals surface area contributed by atoms with Crippen LogP contribution >= 0.6 is 7.82 Å². The fourth-order valence-electron chi connectivity index (χ4n) is 5.54. The first-order valence-electron chi connectivity index (χ1n) is 23.1. The second kappa shape index (κ2) is 41.3. The van der Waals surface area contributed by atoms with Crippen LogP contribution in [0.4, 0.5) is 0 Å². The van der Waals surface area contributed by atoms with Gasteiger partial charge in [-0.05, 0) is 38.5 Å². The molecule has 2 N–H and O–H groups in total. The van der Waals surface area contributed by atoms with Gasteiger partial charge < -0.3 is 33.6 Å². The summed E-state index contributed by atoms with van der Waals surface area (Å²) in [5.41, 5.74) is 0. The summed E-state index contributed by atoms with van der Waals surface area (Å²) in [5.74, 6) is -2.35. The standard InChI is InChI=1S/C41H79O10P.Na/c1-3-5-7-9-11-13-15-17-19-21-23-25-27-29-31-33-41(45)51-39(37-50-52(46,47)49-35-38(43)34-42)36-48-40(44)32-30-28-26-24-22-20-18-16-14-12-10-8-6-4-2;/h17,19,38-39,42-43H,3-16,18,20-37H2,1-2H3,(H,46,47);/q;+1/p-1/b19-17-;/t38?,39-;/m1./s1/i36D2,37D2,39D;. The second-order valence-corrected chi connectivity index (χ2v) is 15.2. The Hall–Kier alpha value is -0.290. The summed E-state index contributed by atoms with van der Waals surface area (Å²) in [6.45, 7) is -5.20. The molecule has 0 aliphatic heterocycles. The van der Waals surface area contributed by atoms with Gasteiger partial charge in [0.15, 0.2) is 6.08 Å². The zero-order chi connectivity index (χ0) is 42.9. The molecule has 0 saturated carbocycles. The van der Waals surface area contributed by atoms with Crippen LogP contribution in [-0.4, -0.2) is 60.7 Å². The predicted octanol–water partition coefficient (Wildman–Crippen LogP) is 7.21. The number of ether oxygens (including phenoxy) is 2. The van der Waals surface area contributed by atoms with E-state index < -0.39 is 58.3 Å². The van der Waals surface area contributed by atoms with Gasteiger partial charge >= 0.3 is 41.5 Å². The average Bonchev–Trinajstić information content (AvgIpc) is 3.14. The van der Waals surface area contributed by atoms with Crippen molar-refractivity contribution in [1.82, 2.24) is 0 Å². The molecule has 0 heterocycles. The zero-order valence-corrected chi connectivity index (χ0v) is 36.7. The van der Waals surface area contributed by atoms with Crippen molar-refractivity contribution in [1.29, 1.82) is 0 Å². The SMILES string of the molecule is [2H]C([2H])(OC(=O)CCCCCCCCCCCCCCCC)[C@@]([2H])(OC(=O)CCCCCCC/C=C\CCCCCCCC)C([2H])([2H])OP(=O)([O-])OCC(O)CO.[Na+]. The minimum absolute atomic E-state index is 0. The molecule has 0 aromatic carbocycles. The third-order valence-corrected chi connectivity index (χ3v) is 9.52. The van der Waals surface area contributed by atoms with Gasteiger partial charge in [-0.2, -0.15) is 0 Å². The smallest absolute Gasteiger partial charge is 0.756 e. The fraction of sp³-hybridized carbons (Fsp3) is 0.902. The van der Waals surface area contributed by atoms with Crippen LogP contribution in [0.2, 0.25) is 0 Å². The normalized spacial score (nSPS) is 16.3. The van der Waals surface area contributed by atoms with E-state index in [9.17, 15) is 24.2 Å². The molecule has 0 radical (unpaired) electrons. The quantitative estimate of drug-likeness (QED) is 0.0214. The fourth-order valence-corrected chi connectivity index (χ4v) is 6.14. The number of aliphatic hydroxyl groups is 2. The molecule has 10 nitrogen and oxygen atoms in total. The Labute approximate surface area is 353 Å². The van der Waals surface area contributed by atoms with Crippen LogP contribution in [0.5, 0.6) is 0 Å². The van der Waals surface area contributed by atoms with Gasteiger partial charge in [0.05, 0.1) is 26.6 Å². The summed E-state index contributed by atoms with van der Waals surface area (Å²) >= 11 is 0. The van der Waals surface area contributed by atoms with E-state index in [1.807, 2.05) is 0 Å². The van der Waals surface area contributed by atoms with Crippen molar-refractivity contribution in [3.63, 3.8) is 0 Å². The predicted molar refractivity (Wildman–Crippen MR) is 208 cm³/mol. The van der Waals surface area contributed by atoms with Gasteiger partial charge in [-0.3, -0.25) is 14.2 Å². The molecule has 3 atom stereocenters. The maximum absolute atomic E-state index is 12.9. The topological polar surface area (TPSA) is 152 Å². The van der Waals surface area contributed by atoms with E-state index in [2.05, 4.69) is 35.0 Å². The van der Waals surface area contributed by atoms with Crippen LogP contribution in [-0.2, 0) is 32.7 Å². The molecule has 0 saturated heterocycles. The summed E-state index contributed by atoms with van der Waals surface area (Å²) in [5, 5.41) is 18.4. The maximum Gasteiger partial charge on any atom is 1.00 e. The first-order valence-corrected chi connectivity index (χ1v) is 22.1. The van der Waals surface area contributed by atoms with Crippen molar-refractivity contribution in [2.24, 2.45) is 0 Å². The largest absolute Gasteiger partial charge is 1.00 e. The van der Waals surface area contributed by atoms with Crippen molar-refractivity contribution in [2.45, 2.75) is 212 Å². The molecule has 0 aromatic rings. The molecule has 12 heteroatoms. The number of hydrogen-bond donors (Lipinski definition) is 2. The van der Waals surface area contributed by atoms with E-state index in [-0.39, 0.29) is 48.8 Å². The number of unbranched alkanes of at least 4 members (excludes halogenated alkanes) is 24. The molecule has 308 valence electrons. The Kier molecular flexibility index (Phi) is 35.4. The summed E-state index contributed by atoms with van der Waals surface area (Å²) in [4.78, 5) is 38.0. The van der Waals surface area contributed by atoms with Gasteiger partial charge in [0.2, 0.25) is 0 Å². The molecule has 0 amide bonds. The molecule has 0 aliphatic carbocycles. The first-order chi connectivity index (χ1) is 27.1. The van der Waals surface area contributed by atoms with E-state index in [1.54, 1.807) is 0 Å². The Morgan fingerprint density at radius 1 is 0.660 bits per heavy atom. The van der Waals surface area contributed by atoms with Crippen LogP contribution in [0.15, 0.2) is 12.2 Å². The number of aliphatic hydroxyl groups excluding tert-OH is 2. The number of carbonyl (C=O) groups is 2. The van der Waals surface area contributed by atoms with Gasteiger partial charge in [0.25, 0.3) is 7.82 Å². The van der Waals surface area contributed by atoms with E-state index in [1.165, 1.54) is 89.9 Å². The summed E-state index contributed by atoms with van der Waals surface area (Å²) < 4.78 is 72.9. The monoisotopic (exact) mass is 790 g/mol. The van der Waals surface area contributed by atoms with Gasteiger partial charge in [0.1, 0.15) is 12.7 Å². The van der Waals surface area contributed by atoms with Gasteiger partial charge in [-0.15, -0.1) is 0 Å². The van der Waals surface area contributed by atoms with Crippen LogP contribution in [0.25, 0.3) is 0 Å². The van der Waals surface area contributed by atoms with Crippen molar-refractivity contribution < 1.29 is 84.2 Å². The van der Waals surface area contributed by atoms with Crippen LogP contribution in [0.3, 0.4) is 0 Å². The van der Waals surface area contributed by atoms with E-state index in [0.29, 0.717) is 19.3 Å². The zero-order valence-electron chi connectivity index (χ0n) is 38.8. The molecule has 0 bridgehead atoms. The van der Waals surface area contributed by atoms with Crippen molar-refractivity contribution in [3.8, 4) is 0 Å². The minimum atomic E-state index is -5.74. The number of carbonyl (C=O) groups excluding carboxylic acids is 2. The van der Waals surface area contributed by atoms with E-state index in [4.69, 9.17) is 21.4 Å². The molecule has 2 unspecified atom stereocenters. The third-order valence-electron chi connectivity index (χ3n) is 8.74. The maximum atomic E-state index is 12.9. The molecule has 0 spiro atoms. The molecular weight excluding hydrogens is 706 g/mol. The van der Waals surface area contributed by atoms with Crippen LogP contribution in [0, 0.1) is 0 Å². The van der Waals surface area contributed by atoms with Gasteiger partial charge in [-0.25, -0.2) is 0 Å². The Balaban J connectivity index is 0. The number of phosphoric acid groups is 1. The van der Waals surface area contributed by atoms with Gasteiger partial charge in [-0.1, -0.05) is 161 Å². The summed E-state index contributed by atoms with van der Waals surface area (Å²) in [7, 11) is -5.74. The average molecular weight is 790 g/mol. The Bertz CT molecular complexity index is 1110. The van der Waals surface area contributed by atoms with E-state index >= 15 is 0 Å². The molecule has 0 fully saturated rings. The Morgan fingerprint density at radius 3 is 1.49 bits per heavy atom. The van der Waals surface area contributed by atoms with Crippen molar-refractivity contribution in [3.05, 3.63) is 12.2 Å². The molecular formula is C41H78NaO10P.